The molecule has 2 aromatic rings. The van der Waals surface area contributed by atoms with E-state index in [0.29, 0.717) is 32.1 Å². The first-order valence-corrected chi connectivity index (χ1v) is 11.6. The van der Waals surface area contributed by atoms with Gasteiger partial charge in [-0.25, -0.2) is 14.7 Å². The maximum Gasteiger partial charge on any atom is 0.233 e. The lowest BCUT2D eigenvalue weighted by atomic mass is 9.85. The highest BCUT2D eigenvalue weighted by Crippen LogP contribution is 2.52. The van der Waals surface area contributed by atoms with Crippen LogP contribution in [-0.4, -0.2) is 57.1 Å². The van der Waals surface area contributed by atoms with Crippen LogP contribution in [-0.2, 0) is 22.7 Å². The normalized spacial score (nSPS) is 25.0. The second kappa shape index (κ2) is 10.7. The number of likely N-dealkylation sites (tertiary alicyclic amines) is 1. The maximum absolute atomic E-state index is 12.8. The average Bonchev–Trinajstić information content (AvgIpc) is 3.60. The number of halogens is 1. The van der Waals surface area contributed by atoms with E-state index in [0.717, 1.165) is 24.1 Å². The van der Waals surface area contributed by atoms with Crippen molar-refractivity contribution in [1.82, 2.24) is 30.3 Å². The van der Waals surface area contributed by atoms with Gasteiger partial charge in [0.2, 0.25) is 11.8 Å². The number of guanidine groups is 1. The molecule has 1 aromatic heterocycles. The Balaban J connectivity index is 0.00000274. The summed E-state index contributed by atoms with van der Waals surface area (Å²) in [5.74, 6) is 0.866. The van der Waals surface area contributed by atoms with Crippen LogP contribution in [0.25, 0.3) is 0 Å². The summed E-state index contributed by atoms with van der Waals surface area (Å²) in [6, 6.07) is 8.22. The van der Waals surface area contributed by atoms with Gasteiger partial charge in [0.15, 0.2) is 5.96 Å². The summed E-state index contributed by atoms with van der Waals surface area (Å²) < 4.78 is 1.78. The van der Waals surface area contributed by atoms with E-state index in [-0.39, 0.29) is 59.5 Å². The molecule has 1 aromatic carbocycles. The molecule has 0 radical (unpaired) electrons. The van der Waals surface area contributed by atoms with E-state index in [1.165, 1.54) is 11.2 Å². The van der Waals surface area contributed by atoms with E-state index in [9.17, 15) is 9.59 Å². The Morgan fingerprint density at radius 3 is 2.53 bits per heavy atom. The quantitative estimate of drug-likeness (QED) is 0.164. The van der Waals surface area contributed by atoms with Crippen molar-refractivity contribution in [3.8, 4) is 0 Å². The number of amides is 2. The molecule has 2 heterocycles. The van der Waals surface area contributed by atoms with E-state index in [2.05, 4.69) is 50.0 Å². The molecule has 5 rings (SSSR count). The van der Waals surface area contributed by atoms with Crippen molar-refractivity contribution in [2.24, 2.45) is 28.7 Å². The third kappa shape index (κ3) is 4.86. The third-order valence-electron chi connectivity index (χ3n) is 6.76. The minimum atomic E-state index is -0.140. The van der Waals surface area contributed by atoms with Crippen molar-refractivity contribution in [3.63, 3.8) is 0 Å². The molecule has 1 saturated heterocycles. The molecule has 2 bridgehead atoms. The Morgan fingerprint density at radius 1 is 1.12 bits per heavy atom. The SMILES string of the molecule is CCNC(=NCc1cccc(Cn2cncn2)c1)NCCN1C(=O)C2C3C=CC(C3)C2C1=O.I. The summed E-state index contributed by atoms with van der Waals surface area (Å²) in [5.41, 5.74) is 2.22. The number of carbonyl (C=O) groups is 2. The van der Waals surface area contributed by atoms with E-state index < -0.39 is 0 Å². The number of aliphatic imine (C=N–C) groups is 1. The Hall–Kier alpha value is -2.76. The number of rotatable bonds is 8. The molecule has 4 unspecified atom stereocenters. The Bertz CT molecular complexity index is 1050. The van der Waals surface area contributed by atoms with Gasteiger partial charge >= 0.3 is 0 Å². The fraction of sp³-hybridized carbons (Fsp3) is 0.458. The standard InChI is InChI=1S/C24H29N7O2.HI/c1-2-26-24(28-12-16-4-3-5-17(10-16)13-30-15-25-14-29-30)27-8-9-31-22(32)20-18-6-7-19(11-18)21(20)23(31)33;/h3-7,10,14-15,18-21H,2,8-9,11-13H2,1H3,(H2,26,27,28);1H. The van der Waals surface area contributed by atoms with Crippen molar-refractivity contribution in [1.29, 1.82) is 0 Å². The highest BCUT2D eigenvalue weighted by Gasteiger charge is 2.58. The highest BCUT2D eigenvalue weighted by molar-refractivity contribution is 14.0. The first-order valence-electron chi connectivity index (χ1n) is 11.6. The van der Waals surface area contributed by atoms with Crippen molar-refractivity contribution < 1.29 is 9.59 Å². The van der Waals surface area contributed by atoms with Gasteiger partial charge in [-0.15, -0.1) is 24.0 Å². The van der Waals surface area contributed by atoms with Crippen LogP contribution in [0, 0.1) is 23.7 Å². The number of aromatic nitrogens is 3. The van der Waals surface area contributed by atoms with Crippen molar-refractivity contribution in [2.75, 3.05) is 19.6 Å². The van der Waals surface area contributed by atoms with Gasteiger partial charge in [0, 0.05) is 19.6 Å². The molecule has 10 heteroatoms. The largest absolute Gasteiger partial charge is 0.357 e. The number of allylic oxidation sites excluding steroid dienone is 2. The average molecular weight is 575 g/mol. The molecule has 0 spiro atoms. The molecular weight excluding hydrogens is 545 g/mol. The van der Waals surface area contributed by atoms with Crippen LogP contribution >= 0.6 is 24.0 Å². The number of hydrogen-bond donors (Lipinski definition) is 2. The van der Waals surface area contributed by atoms with Crippen LogP contribution < -0.4 is 10.6 Å². The number of hydrogen-bond acceptors (Lipinski definition) is 5. The van der Waals surface area contributed by atoms with E-state index in [1.54, 1.807) is 11.0 Å². The van der Waals surface area contributed by atoms with Gasteiger partial charge in [0.1, 0.15) is 12.7 Å². The number of nitrogens with one attached hydrogen (secondary N) is 2. The Kier molecular flexibility index (Phi) is 7.64. The van der Waals surface area contributed by atoms with E-state index >= 15 is 0 Å². The molecule has 4 atom stereocenters. The zero-order valence-electron chi connectivity index (χ0n) is 19.1. The molecular formula is C24H30IN7O2. The molecule has 2 amide bonds. The van der Waals surface area contributed by atoms with Crippen LogP contribution in [0.4, 0.5) is 0 Å². The summed E-state index contributed by atoms with van der Waals surface area (Å²) >= 11 is 0. The van der Waals surface area contributed by atoms with Crippen molar-refractivity contribution in [2.45, 2.75) is 26.4 Å². The summed E-state index contributed by atoms with van der Waals surface area (Å²) in [5, 5.41) is 10.7. The van der Waals surface area contributed by atoms with Gasteiger partial charge < -0.3 is 10.6 Å². The molecule has 9 nitrogen and oxygen atoms in total. The molecule has 1 saturated carbocycles. The molecule has 34 heavy (non-hydrogen) atoms. The minimum absolute atomic E-state index is 0. The summed E-state index contributed by atoms with van der Waals surface area (Å²) in [6.07, 6.45) is 8.42. The van der Waals surface area contributed by atoms with Gasteiger partial charge in [0.25, 0.3) is 0 Å². The van der Waals surface area contributed by atoms with Crippen LogP contribution in [0.2, 0.25) is 0 Å². The lowest BCUT2D eigenvalue weighted by molar-refractivity contribution is -0.140. The smallest absolute Gasteiger partial charge is 0.233 e. The topological polar surface area (TPSA) is 105 Å². The summed E-state index contributed by atoms with van der Waals surface area (Å²) in [6.45, 7) is 4.74. The van der Waals surface area contributed by atoms with Gasteiger partial charge in [-0.1, -0.05) is 36.4 Å². The number of imide groups is 1. The molecule has 1 aliphatic heterocycles. The first kappa shape index (κ1) is 24.4. The van der Waals surface area contributed by atoms with Crippen LogP contribution in [0.5, 0.6) is 0 Å². The van der Waals surface area contributed by atoms with Gasteiger partial charge in [0.05, 0.1) is 24.9 Å². The lowest BCUT2D eigenvalue weighted by Crippen LogP contribution is -2.43. The molecule has 2 aliphatic carbocycles. The Morgan fingerprint density at radius 2 is 1.85 bits per heavy atom. The second-order valence-electron chi connectivity index (χ2n) is 8.86. The monoisotopic (exact) mass is 575 g/mol. The molecule has 180 valence electrons. The summed E-state index contributed by atoms with van der Waals surface area (Å²) in [4.78, 5) is 35.8. The van der Waals surface area contributed by atoms with E-state index in [1.807, 2.05) is 19.1 Å². The van der Waals surface area contributed by atoms with Crippen LogP contribution in [0.15, 0.2) is 54.1 Å². The molecule has 3 aliphatic rings. The molecule has 2 N–H and O–H groups in total. The predicted molar refractivity (Wildman–Crippen MR) is 138 cm³/mol. The van der Waals surface area contributed by atoms with Crippen LogP contribution in [0.3, 0.4) is 0 Å². The van der Waals surface area contributed by atoms with Crippen molar-refractivity contribution >= 4 is 41.8 Å². The predicted octanol–water partition coefficient (Wildman–Crippen LogP) is 1.81. The highest BCUT2D eigenvalue weighted by atomic mass is 127. The zero-order valence-corrected chi connectivity index (χ0v) is 21.5. The van der Waals surface area contributed by atoms with Crippen LogP contribution in [0.1, 0.15) is 24.5 Å². The lowest BCUT2D eigenvalue weighted by Gasteiger charge is -2.18. The summed E-state index contributed by atoms with van der Waals surface area (Å²) in [7, 11) is 0. The molecule has 2 fully saturated rings. The number of fused-ring (bicyclic) bond motifs is 5. The number of benzene rings is 1. The number of carbonyl (C=O) groups excluding carboxylic acids is 2. The van der Waals surface area contributed by atoms with Crippen molar-refractivity contribution in [3.05, 3.63) is 60.2 Å². The minimum Gasteiger partial charge on any atom is -0.357 e. The van der Waals surface area contributed by atoms with Gasteiger partial charge in [-0.3, -0.25) is 14.5 Å². The van der Waals surface area contributed by atoms with Gasteiger partial charge in [-0.2, -0.15) is 5.10 Å². The Labute approximate surface area is 216 Å². The first-order chi connectivity index (χ1) is 16.1. The second-order valence-corrected chi connectivity index (χ2v) is 8.86. The third-order valence-corrected chi connectivity index (χ3v) is 6.76. The van der Waals surface area contributed by atoms with E-state index in [4.69, 9.17) is 0 Å². The maximum atomic E-state index is 12.8. The fourth-order valence-corrected chi connectivity index (χ4v) is 5.31. The van der Waals surface area contributed by atoms with Gasteiger partial charge in [-0.05, 0) is 36.3 Å². The zero-order chi connectivity index (χ0) is 22.8. The number of nitrogens with zero attached hydrogens (tertiary/aromatic N) is 5. The fourth-order valence-electron chi connectivity index (χ4n) is 5.31.